The quantitative estimate of drug-likeness (QED) is 0.628. The van der Waals surface area contributed by atoms with Gasteiger partial charge in [-0.3, -0.25) is 9.69 Å². The Morgan fingerprint density at radius 3 is 2.63 bits per heavy atom. The van der Waals surface area contributed by atoms with E-state index < -0.39 is 10.0 Å². The lowest BCUT2D eigenvalue weighted by atomic mass is 9.97. The van der Waals surface area contributed by atoms with E-state index in [1.807, 2.05) is 0 Å². The van der Waals surface area contributed by atoms with Crippen molar-refractivity contribution in [1.82, 2.24) is 14.5 Å². The molecule has 8 nitrogen and oxygen atoms in total. The first-order chi connectivity index (χ1) is 14.6. The summed E-state index contributed by atoms with van der Waals surface area (Å²) in [6.07, 6.45) is 0.976. The lowest BCUT2D eigenvalue weighted by Crippen LogP contribution is -2.52. The van der Waals surface area contributed by atoms with Crippen molar-refractivity contribution < 1.29 is 22.7 Å². The number of sulfonamides is 1. The normalized spacial score (nSPS) is 25.3. The molecule has 0 radical (unpaired) electrons. The maximum Gasteiger partial charge on any atom is 0.262 e. The zero-order chi connectivity index (χ0) is 21.0. The number of thiophene rings is 1. The number of amides is 1. The van der Waals surface area contributed by atoms with Crippen LogP contribution in [0.15, 0.2) is 16.3 Å². The summed E-state index contributed by atoms with van der Waals surface area (Å²) < 4.78 is 38.7. The van der Waals surface area contributed by atoms with Crippen LogP contribution in [0.5, 0.6) is 0 Å². The van der Waals surface area contributed by atoms with E-state index in [-0.39, 0.29) is 21.7 Å². The van der Waals surface area contributed by atoms with E-state index in [0.29, 0.717) is 45.4 Å². The molecule has 3 fully saturated rings. The fourth-order valence-corrected chi connectivity index (χ4v) is 8.12. The second kappa shape index (κ2) is 10.3. The van der Waals surface area contributed by atoms with Crippen molar-refractivity contribution in [2.75, 3.05) is 70.7 Å². The van der Waals surface area contributed by atoms with Gasteiger partial charge in [-0.2, -0.15) is 16.1 Å². The molecule has 0 bridgehead atoms. The predicted octanol–water partition coefficient (Wildman–Crippen LogP) is 0.953. The number of ether oxygens (including phenoxy) is 2. The average molecular weight is 476 g/mol. The molecule has 0 saturated carbocycles. The molecule has 3 aliphatic heterocycles. The molecule has 0 aromatic carbocycles. The maximum atomic E-state index is 13.1. The Labute approximate surface area is 186 Å². The van der Waals surface area contributed by atoms with Crippen molar-refractivity contribution in [3.05, 3.63) is 16.3 Å². The van der Waals surface area contributed by atoms with Crippen LogP contribution in [0.4, 0.5) is 0 Å². The van der Waals surface area contributed by atoms with E-state index in [2.05, 4.69) is 10.2 Å². The van der Waals surface area contributed by atoms with Crippen molar-refractivity contribution in [2.45, 2.75) is 17.4 Å². The van der Waals surface area contributed by atoms with Gasteiger partial charge in [-0.15, -0.1) is 11.3 Å². The molecule has 3 saturated heterocycles. The van der Waals surface area contributed by atoms with Crippen molar-refractivity contribution in [1.29, 1.82) is 0 Å². The number of morpholine rings is 1. The molecule has 4 heterocycles. The molecule has 0 spiro atoms. The fourth-order valence-electron chi connectivity index (χ4n) is 4.23. The molecule has 1 amide bonds. The topological polar surface area (TPSA) is 88.2 Å². The highest BCUT2D eigenvalue weighted by Gasteiger charge is 2.34. The Morgan fingerprint density at radius 2 is 1.93 bits per heavy atom. The SMILES string of the molecule is O=C(NCC(C1CCOC1)N1CCOCC1)c1sccc1S(=O)(=O)N1CCSCC1. The Kier molecular flexibility index (Phi) is 7.71. The Bertz CT molecular complexity index is 813. The molecule has 3 aliphatic rings. The molecule has 11 heteroatoms. The number of carbonyl (C=O) groups is 1. The van der Waals surface area contributed by atoms with Crippen LogP contribution >= 0.6 is 23.1 Å². The van der Waals surface area contributed by atoms with Crippen molar-refractivity contribution in [3.8, 4) is 0 Å². The predicted molar refractivity (Wildman–Crippen MR) is 118 cm³/mol. The summed E-state index contributed by atoms with van der Waals surface area (Å²) in [6, 6.07) is 1.72. The number of carbonyl (C=O) groups excluding carboxylic acids is 1. The highest BCUT2D eigenvalue weighted by atomic mass is 32.2. The van der Waals surface area contributed by atoms with E-state index in [4.69, 9.17) is 9.47 Å². The standard InChI is InChI=1S/C19H29N3O5S3/c23-19(18-17(2-10-29-18)30(24,25)22-5-11-28-12-6-22)20-13-16(15-1-7-27-14-15)21-3-8-26-9-4-21/h2,10,15-16H,1,3-9,11-14H2,(H,20,23). The van der Waals surface area contributed by atoms with E-state index in [9.17, 15) is 13.2 Å². The molecule has 1 aromatic rings. The molecule has 0 aliphatic carbocycles. The van der Waals surface area contributed by atoms with Crippen LogP contribution in [0.1, 0.15) is 16.1 Å². The molecule has 1 N–H and O–H groups in total. The molecule has 2 atom stereocenters. The van der Waals surface area contributed by atoms with Crippen LogP contribution in [0.3, 0.4) is 0 Å². The maximum absolute atomic E-state index is 13.1. The molecule has 30 heavy (non-hydrogen) atoms. The van der Waals surface area contributed by atoms with Gasteiger partial charge in [0, 0.05) is 62.8 Å². The van der Waals surface area contributed by atoms with Crippen molar-refractivity contribution in [2.24, 2.45) is 5.92 Å². The van der Waals surface area contributed by atoms with Gasteiger partial charge in [0.2, 0.25) is 10.0 Å². The first kappa shape index (κ1) is 22.5. The summed E-state index contributed by atoms with van der Waals surface area (Å²) in [5, 5.41) is 4.71. The minimum absolute atomic E-state index is 0.129. The van der Waals surface area contributed by atoms with Gasteiger partial charge in [-0.05, 0) is 17.9 Å². The Hall–Kier alpha value is -0.690. The molecule has 2 unspecified atom stereocenters. The zero-order valence-corrected chi connectivity index (χ0v) is 19.4. The lowest BCUT2D eigenvalue weighted by molar-refractivity contribution is 0.00167. The number of thioether (sulfide) groups is 1. The summed E-state index contributed by atoms with van der Waals surface area (Å²) in [5.41, 5.74) is 0. The van der Waals surface area contributed by atoms with Crippen molar-refractivity contribution >= 4 is 39.0 Å². The van der Waals surface area contributed by atoms with Crippen LogP contribution in [-0.4, -0.2) is 100 Å². The lowest BCUT2D eigenvalue weighted by Gasteiger charge is -2.37. The Balaban J connectivity index is 1.45. The van der Waals surface area contributed by atoms with Gasteiger partial charge in [-0.1, -0.05) is 0 Å². The first-order valence-electron chi connectivity index (χ1n) is 10.4. The van der Waals surface area contributed by atoms with Gasteiger partial charge in [0.25, 0.3) is 5.91 Å². The summed E-state index contributed by atoms with van der Waals surface area (Å²) in [4.78, 5) is 15.8. The van der Waals surface area contributed by atoms with Crippen LogP contribution < -0.4 is 5.32 Å². The largest absolute Gasteiger partial charge is 0.381 e. The van der Waals surface area contributed by atoms with E-state index >= 15 is 0 Å². The third kappa shape index (κ3) is 5.03. The molecule has 4 rings (SSSR count). The van der Waals surface area contributed by atoms with Crippen LogP contribution in [0.2, 0.25) is 0 Å². The number of hydrogen-bond acceptors (Lipinski definition) is 8. The number of rotatable bonds is 7. The van der Waals surface area contributed by atoms with E-state index in [0.717, 1.165) is 37.6 Å². The second-order valence-electron chi connectivity index (χ2n) is 7.68. The van der Waals surface area contributed by atoms with Crippen LogP contribution in [-0.2, 0) is 19.5 Å². The molecule has 168 valence electrons. The van der Waals surface area contributed by atoms with Gasteiger partial charge in [0.15, 0.2) is 0 Å². The average Bonchev–Trinajstić information content (AvgIpc) is 3.48. The molecule has 1 aromatic heterocycles. The smallest absolute Gasteiger partial charge is 0.262 e. The van der Waals surface area contributed by atoms with Gasteiger partial charge < -0.3 is 14.8 Å². The second-order valence-corrected chi connectivity index (χ2v) is 11.7. The van der Waals surface area contributed by atoms with Crippen LogP contribution in [0.25, 0.3) is 0 Å². The zero-order valence-electron chi connectivity index (χ0n) is 17.0. The van der Waals surface area contributed by atoms with Gasteiger partial charge >= 0.3 is 0 Å². The summed E-state index contributed by atoms with van der Waals surface area (Å²) >= 11 is 2.94. The third-order valence-electron chi connectivity index (χ3n) is 5.92. The highest BCUT2D eigenvalue weighted by molar-refractivity contribution is 7.99. The number of nitrogens with zero attached hydrogens (tertiary/aromatic N) is 2. The minimum Gasteiger partial charge on any atom is -0.381 e. The van der Waals surface area contributed by atoms with Crippen molar-refractivity contribution in [3.63, 3.8) is 0 Å². The summed E-state index contributed by atoms with van der Waals surface area (Å²) in [7, 11) is -3.65. The number of hydrogen-bond donors (Lipinski definition) is 1. The summed E-state index contributed by atoms with van der Waals surface area (Å²) in [5.74, 6) is 1.62. The van der Waals surface area contributed by atoms with Crippen LogP contribution in [0, 0.1) is 5.92 Å². The first-order valence-corrected chi connectivity index (χ1v) is 13.9. The summed E-state index contributed by atoms with van der Waals surface area (Å²) in [6.45, 7) is 5.97. The van der Waals surface area contributed by atoms with Gasteiger partial charge in [0.1, 0.15) is 9.77 Å². The molecular formula is C19H29N3O5S3. The third-order valence-corrected chi connectivity index (χ3v) is 9.84. The van der Waals surface area contributed by atoms with E-state index in [1.165, 1.54) is 15.6 Å². The number of nitrogens with one attached hydrogen (secondary N) is 1. The Morgan fingerprint density at radius 1 is 1.17 bits per heavy atom. The van der Waals surface area contributed by atoms with Gasteiger partial charge in [0.05, 0.1) is 19.8 Å². The van der Waals surface area contributed by atoms with E-state index in [1.54, 1.807) is 23.2 Å². The fraction of sp³-hybridized carbons (Fsp3) is 0.737. The molecular weight excluding hydrogens is 446 g/mol. The highest BCUT2D eigenvalue weighted by Crippen LogP contribution is 2.27. The van der Waals surface area contributed by atoms with Gasteiger partial charge in [-0.25, -0.2) is 8.42 Å². The monoisotopic (exact) mass is 475 g/mol. The minimum atomic E-state index is -3.65.